The predicted octanol–water partition coefficient (Wildman–Crippen LogP) is -0.269. The summed E-state index contributed by atoms with van der Waals surface area (Å²) in [5.41, 5.74) is -2.44. The Morgan fingerprint density at radius 2 is 1.63 bits per heavy atom. The SMILES string of the molecule is COC(=O)C(O)(CC(=O)c1ccncc1)C(=O)OC. The summed E-state index contributed by atoms with van der Waals surface area (Å²) in [6.45, 7) is 0. The van der Waals surface area contributed by atoms with Gasteiger partial charge >= 0.3 is 11.9 Å². The minimum Gasteiger partial charge on any atom is -0.466 e. The zero-order valence-electron chi connectivity index (χ0n) is 10.5. The number of nitrogens with zero attached hydrogens (tertiary/aromatic N) is 1. The van der Waals surface area contributed by atoms with Crippen LogP contribution in [0.3, 0.4) is 0 Å². The van der Waals surface area contributed by atoms with Crippen LogP contribution in [0.1, 0.15) is 16.8 Å². The number of rotatable bonds is 5. The Labute approximate surface area is 109 Å². The molecule has 0 fully saturated rings. The van der Waals surface area contributed by atoms with E-state index in [1.807, 2.05) is 0 Å². The van der Waals surface area contributed by atoms with Gasteiger partial charge in [-0.15, -0.1) is 0 Å². The topological polar surface area (TPSA) is 103 Å². The second kappa shape index (κ2) is 6.05. The zero-order chi connectivity index (χ0) is 14.5. The molecule has 1 rings (SSSR count). The molecule has 0 atom stereocenters. The third kappa shape index (κ3) is 3.14. The van der Waals surface area contributed by atoms with E-state index < -0.39 is 29.7 Å². The van der Waals surface area contributed by atoms with Gasteiger partial charge in [0.15, 0.2) is 5.78 Å². The number of carbonyl (C=O) groups is 3. The van der Waals surface area contributed by atoms with Crippen LogP contribution in [0.4, 0.5) is 0 Å². The largest absolute Gasteiger partial charge is 0.466 e. The first-order chi connectivity index (χ1) is 8.95. The zero-order valence-corrected chi connectivity index (χ0v) is 10.5. The molecule has 102 valence electrons. The standard InChI is InChI=1S/C12H13NO6/c1-18-10(15)12(17,11(16)19-2)7-9(14)8-3-5-13-6-4-8/h3-6,17H,7H2,1-2H3. The summed E-state index contributed by atoms with van der Waals surface area (Å²) in [7, 11) is 1.99. The van der Waals surface area contributed by atoms with Crippen molar-refractivity contribution in [3.05, 3.63) is 30.1 Å². The summed E-state index contributed by atoms with van der Waals surface area (Å²) in [5, 5.41) is 9.99. The van der Waals surface area contributed by atoms with E-state index in [2.05, 4.69) is 14.5 Å². The van der Waals surface area contributed by atoms with E-state index in [9.17, 15) is 19.5 Å². The molecule has 1 heterocycles. The van der Waals surface area contributed by atoms with Crippen LogP contribution in [0.5, 0.6) is 0 Å². The molecule has 1 aromatic rings. The lowest BCUT2D eigenvalue weighted by molar-refractivity contribution is -0.179. The molecule has 0 aliphatic carbocycles. The van der Waals surface area contributed by atoms with Crippen LogP contribution in [0, 0.1) is 0 Å². The Kier molecular flexibility index (Phi) is 4.71. The third-order valence-corrected chi connectivity index (χ3v) is 2.46. The Hall–Kier alpha value is -2.28. The number of carbonyl (C=O) groups excluding carboxylic acids is 3. The number of hydrogen-bond acceptors (Lipinski definition) is 7. The van der Waals surface area contributed by atoms with Gasteiger partial charge in [-0.2, -0.15) is 0 Å². The second-order valence-corrected chi connectivity index (χ2v) is 3.68. The molecule has 7 nitrogen and oxygen atoms in total. The van der Waals surface area contributed by atoms with Crippen molar-refractivity contribution in [2.45, 2.75) is 12.0 Å². The lowest BCUT2D eigenvalue weighted by Gasteiger charge is -2.21. The molecule has 0 bridgehead atoms. The van der Waals surface area contributed by atoms with E-state index in [-0.39, 0.29) is 5.56 Å². The molecule has 0 aliphatic heterocycles. The van der Waals surface area contributed by atoms with Crippen molar-refractivity contribution in [3.63, 3.8) is 0 Å². The van der Waals surface area contributed by atoms with Gasteiger partial charge in [0.05, 0.1) is 20.6 Å². The number of aromatic nitrogens is 1. The van der Waals surface area contributed by atoms with Crippen molar-refractivity contribution in [1.29, 1.82) is 0 Å². The van der Waals surface area contributed by atoms with E-state index in [1.165, 1.54) is 24.5 Å². The van der Waals surface area contributed by atoms with Crippen molar-refractivity contribution < 1.29 is 29.0 Å². The lowest BCUT2D eigenvalue weighted by atomic mass is 9.94. The summed E-state index contributed by atoms with van der Waals surface area (Å²) in [6.07, 6.45) is 1.99. The van der Waals surface area contributed by atoms with Gasteiger partial charge < -0.3 is 14.6 Å². The van der Waals surface area contributed by atoms with E-state index in [0.717, 1.165) is 14.2 Å². The summed E-state index contributed by atoms with van der Waals surface area (Å²) in [4.78, 5) is 38.6. The van der Waals surface area contributed by atoms with E-state index in [1.54, 1.807) is 0 Å². The van der Waals surface area contributed by atoms with Crippen molar-refractivity contribution in [2.75, 3.05) is 14.2 Å². The fourth-order valence-electron chi connectivity index (χ4n) is 1.44. The minimum atomic E-state index is -2.65. The van der Waals surface area contributed by atoms with Gasteiger partial charge in [0, 0.05) is 18.0 Å². The molecule has 0 amide bonds. The molecule has 0 aliphatic rings. The monoisotopic (exact) mass is 267 g/mol. The highest BCUT2D eigenvalue weighted by molar-refractivity contribution is 6.09. The van der Waals surface area contributed by atoms with Crippen molar-refractivity contribution in [2.24, 2.45) is 0 Å². The maximum Gasteiger partial charge on any atom is 0.350 e. The van der Waals surface area contributed by atoms with Crippen molar-refractivity contribution >= 4 is 17.7 Å². The normalized spacial score (nSPS) is 10.7. The first-order valence-electron chi connectivity index (χ1n) is 5.28. The Morgan fingerprint density at radius 3 is 2.05 bits per heavy atom. The van der Waals surface area contributed by atoms with Crippen LogP contribution in [-0.4, -0.2) is 47.6 Å². The number of Topliss-reactive ketones (excluding diaryl/α,β-unsaturated/α-hetero) is 1. The third-order valence-electron chi connectivity index (χ3n) is 2.46. The van der Waals surface area contributed by atoms with Crippen LogP contribution in [0.15, 0.2) is 24.5 Å². The fraction of sp³-hybridized carbons (Fsp3) is 0.333. The molecular formula is C12H13NO6. The smallest absolute Gasteiger partial charge is 0.350 e. The molecule has 19 heavy (non-hydrogen) atoms. The van der Waals surface area contributed by atoms with Crippen LogP contribution < -0.4 is 0 Å². The quantitative estimate of drug-likeness (QED) is 0.445. The molecule has 0 saturated heterocycles. The average molecular weight is 267 g/mol. The molecule has 0 spiro atoms. The van der Waals surface area contributed by atoms with Crippen LogP contribution >= 0.6 is 0 Å². The maximum absolute atomic E-state index is 11.9. The fourth-order valence-corrected chi connectivity index (χ4v) is 1.44. The number of ether oxygens (including phenoxy) is 2. The van der Waals surface area contributed by atoms with Gasteiger partial charge in [0.2, 0.25) is 0 Å². The molecule has 0 unspecified atom stereocenters. The number of methoxy groups -OCH3 is 2. The molecule has 1 N–H and O–H groups in total. The summed E-state index contributed by atoms with van der Waals surface area (Å²) in [6, 6.07) is 2.80. The predicted molar refractivity (Wildman–Crippen MR) is 62.2 cm³/mol. The second-order valence-electron chi connectivity index (χ2n) is 3.68. The number of aliphatic hydroxyl groups is 1. The Morgan fingerprint density at radius 1 is 1.16 bits per heavy atom. The molecule has 0 saturated carbocycles. The number of ketones is 1. The van der Waals surface area contributed by atoms with Gasteiger partial charge in [0.1, 0.15) is 0 Å². The summed E-state index contributed by atoms with van der Waals surface area (Å²) in [5.74, 6) is -3.11. The molecule has 0 aromatic carbocycles. The first-order valence-corrected chi connectivity index (χ1v) is 5.28. The first kappa shape index (κ1) is 14.8. The van der Waals surface area contributed by atoms with Gasteiger partial charge in [-0.3, -0.25) is 9.78 Å². The molecule has 0 radical (unpaired) electrons. The van der Waals surface area contributed by atoms with Crippen LogP contribution in [-0.2, 0) is 19.1 Å². The molecular weight excluding hydrogens is 254 g/mol. The minimum absolute atomic E-state index is 0.209. The summed E-state index contributed by atoms with van der Waals surface area (Å²) >= 11 is 0. The maximum atomic E-state index is 11.9. The van der Waals surface area contributed by atoms with Gasteiger partial charge in [-0.05, 0) is 12.1 Å². The number of pyridine rings is 1. The molecule has 7 heteroatoms. The van der Waals surface area contributed by atoms with Crippen LogP contribution in [0.2, 0.25) is 0 Å². The van der Waals surface area contributed by atoms with Crippen molar-refractivity contribution in [1.82, 2.24) is 4.98 Å². The van der Waals surface area contributed by atoms with Gasteiger partial charge in [-0.25, -0.2) is 9.59 Å². The van der Waals surface area contributed by atoms with E-state index >= 15 is 0 Å². The number of esters is 2. The van der Waals surface area contributed by atoms with Gasteiger partial charge in [-0.1, -0.05) is 0 Å². The highest BCUT2D eigenvalue weighted by Crippen LogP contribution is 2.18. The highest BCUT2D eigenvalue weighted by Gasteiger charge is 2.48. The Balaban J connectivity index is 3.00. The van der Waals surface area contributed by atoms with E-state index in [4.69, 9.17) is 0 Å². The Bertz CT molecular complexity index is 468. The van der Waals surface area contributed by atoms with Crippen molar-refractivity contribution in [3.8, 4) is 0 Å². The summed E-state index contributed by atoms with van der Waals surface area (Å²) < 4.78 is 8.64. The van der Waals surface area contributed by atoms with Gasteiger partial charge in [0.25, 0.3) is 5.60 Å². The van der Waals surface area contributed by atoms with E-state index in [0.29, 0.717) is 0 Å². The highest BCUT2D eigenvalue weighted by atomic mass is 16.6. The average Bonchev–Trinajstić information content (AvgIpc) is 2.45. The molecule has 1 aromatic heterocycles. The lowest BCUT2D eigenvalue weighted by Crippen LogP contribution is -2.49. The van der Waals surface area contributed by atoms with Crippen LogP contribution in [0.25, 0.3) is 0 Å². The number of hydrogen-bond donors (Lipinski definition) is 1.